The zero-order valence-electron chi connectivity index (χ0n) is 7.92. The molecule has 0 bridgehead atoms. The topological polar surface area (TPSA) is 34.1 Å². The number of hydrogen-bond donors (Lipinski definition) is 0. The van der Waals surface area contributed by atoms with E-state index in [-0.39, 0.29) is 12.3 Å². The number of sulfone groups is 1. The maximum absolute atomic E-state index is 11.7. The van der Waals surface area contributed by atoms with Gasteiger partial charge in [-0.05, 0) is 25.3 Å². The zero-order chi connectivity index (χ0) is 10.6. The van der Waals surface area contributed by atoms with Crippen LogP contribution in [0.25, 0.3) is 0 Å². The average molecular weight is 212 g/mol. The lowest BCUT2D eigenvalue weighted by Gasteiger charge is -2.15. The van der Waals surface area contributed by atoms with Crippen LogP contribution in [0.3, 0.4) is 0 Å². The standard InChI is InChI=1S/C8H14F2O2S/c1-6(4-5-8(9)10)7(2)13(3,11)12/h5-7H,4H2,1-3H3/t6-,7+/m0/s1. The van der Waals surface area contributed by atoms with Gasteiger partial charge in [0.2, 0.25) is 0 Å². The summed E-state index contributed by atoms with van der Waals surface area (Å²) < 4.78 is 45.4. The summed E-state index contributed by atoms with van der Waals surface area (Å²) in [5.41, 5.74) is 0. The molecule has 0 aromatic carbocycles. The van der Waals surface area contributed by atoms with E-state index in [0.717, 1.165) is 12.3 Å². The lowest BCUT2D eigenvalue weighted by atomic mass is 10.1. The van der Waals surface area contributed by atoms with Gasteiger partial charge < -0.3 is 0 Å². The third-order valence-electron chi connectivity index (χ3n) is 2.12. The van der Waals surface area contributed by atoms with Crippen LogP contribution in [0, 0.1) is 5.92 Å². The van der Waals surface area contributed by atoms with Crippen LogP contribution in [0.1, 0.15) is 20.3 Å². The van der Waals surface area contributed by atoms with E-state index < -0.39 is 21.2 Å². The van der Waals surface area contributed by atoms with E-state index in [1.54, 1.807) is 6.92 Å². The SMILES string of the molecule is C[C@H]([C@@H](C)CC=C(F)F)S(C)(=O)=O. The van der Waals surface area contributed by atoms with E-state index in [1.807, 2.05) is 0 Å². The molecule has 0 heterocycles. The Morgan fingerprint density at radius 3 is 2.15 bits per heavy atom. The van der Waals surface area contributed by atoms with Crippen molar-refractivity contribution in [3.8, 4) is 0 Å². The fourth-order valence-corrected chi connectivity index (χ4v) is 1.84. The molecule has 5 heteroatoms. The van der Waals surface area contributed by atoms with Gasteiger partial charge in [-0.3, -0.25) is 0 Å². The highest BCUT2D eigenvalue weighted by Gasteiger charge is 2.21. The molecule has 0 aromatic rings. The largest absolute Gasteiger partial charge is 0.266 e. The first-order chi connectivity index (χ1) is 5.75. The van der Waals surface area contributed by atoms with Crippen molar-refractivity contribution >= 4 is 9.84 Å². The molecule has 0 aliphatic carbocycles. The van der Waals surface area contributed by atoms with E-state index in [9.17, 15) is 17.2 Å². The molecule has 0 spiro atoms. The Hall–Kier alpha value is -0.450. The highest BCUT2D eigenvalue weighted by molar-refractivity contribution is 7.91. The minimum absolute atomic E-state index is 0.0938. The second-order valence-electron chi connectivity index (χ2n) is 3.24. The Morgan fingerprint density at radius 2 is 1.85 bits per heavy atom. The first kappa shape index (κ1) is 12.6. The highest BCUT2D eigenvalue weighted by atomic mass is 32.2. The molecule has 0 saturated carbocycles. The van der Waals surface area contributed by atoms with Crippen LogP contribution in [0.4, 0.5) is 8.78 Å². The number of allylic oxidation sites excluding steroid dienone is 1. The fourth-order valence-electron chi connectivity index (χ4n) is 0.889. The minimum Gasteiger partial charge on any atom is -0.229 e. The second-order valence-corrected chi connectivity index (χ2v) is 5.64. The Bertz CT molecular complexity index is 279. The molecule has 0 amide bonds. The third kappa shape index (κ3) is 4.98. The Morgan fingerprint density at radius 1 is 1.38 bits per heavy atom. The van der Waals surface area contributed by atoms with Crippen molar-refractivity contribution in [2.75, 3.05) is 6.26 Å². The summed E-state index contributed by atoms with van der Waals surface area (Å²) in [5, 5.41) is -0.580. The molecule has 0 unspecified atom stereocenters. The van der Waals surface area contributed by atoms with E-state index in [0.29, 0.717) is 0 Å². The first-order valence-electron chi connectivity index (χ1n) is 3.95. The van der Waals surface area contributed by atoms with Gasteiger partial charge in [0.05, 0.1) is 5.25 Å². The van der Waals surface area contributed by atoms with Gasteiger partial charge in [0.25, 0.3) is 6.08 Å². The second kappa shape index (κ2) is 4.69. The van der Waals surface area contributed by atoms with Gasteiger partial charge in [0.1, 0.15) is 9.84 Å². The summed E-state index contributed by atoms with van der Waals surface area (Å²) in [6, 6.07) is 0. The third-order valence-corrected chi connectivity index (χ3v) is 3.94. The smallest absolute Gasteiger partial charge is 0.229 e. The van der Waals surface area contributed by atoms with Crippen LogP contribution in [-0.2, 0) is 9.84 Å². The van der Waals surface area contributed by atoms with Gasteiger partial charge >= 0.3 is 0 Å². The summed E-state index contributed by atoms with van der Waals surface area (Å²) in [7, 11) is -3.12. The number of hydrogen-bond acceptors (Lipinski definition) is 2. The van der Waals surface area contributed by atoms with E-state index in [4.69, 9.17) is 0 Å². The van der Waals surface area contributed by atoms with Crippen molar-refractivity contribution in [3.05, 3.63) is 12.2 Å². The Kier molecular flexibility index (Phi) is 4.53. The van der Waals surface area contributed by atoms with Crippen molar-refractivity contribution in [2.24, 2.45) is 5.92 Å². The van der Waals surface area contributed by atoms with Crippen LogP contribution >= 0.6 is 0 Å². The van der Waals surface area contributed by atoms with Gasteiger partial charge in [0.15, 0.2) is 0 Å². The monoisotopic (exact) mass is 212 g/mol. The van der Waals surface area contributed by atoms with Gasteiger partial charge in [-0.1, -0.05) is 6.92 Å². The van der Waals surface area contributed by atoms with Crippen molar-refractivity contribution < 1.29 is 17.2 Å². The van der Waals surface area contributed by atoms with Crippen molar-refractivity contribution in [3.63, 3.8) is 0 Å². The summed E-state index contributed by atoms with van der Waals surface area (Å²) in [4.78, 5) is 0. The molecule has 13 heavy (non-hydrogen) atoms. The lowest BCUT2D eigenvalue weighted by molar-refractivity contribution is 0.411. The molecular weight excluding hydrogens is 198 g/mol. The lowest BCUT2D eigenvalue weighted by Crippen LogP contribution is -2.23. The molecule has 0 rings (SSSR count). The zero-order valence-corrected chi connectivity index (χ0v) is 8.74. The summed E-state index contributed by atoms with van der Waals surface area (Å²) in [6.45, 7) is 3.18. The molecule has 0 N–H and O–H groups in total. The van der Waals surface area contributed by atoms with Crippen LogP contribution in [0.15, 0.2) is 12.2 Å². The number of halogens is 2. The molecule has 0 aromatic heterocycles. The first-order valence-corrected chi connectivity index (χ1v) is 5.90. The molecule has 0 radical (unpaired) electrons. The molecule has 0 fully saturated rings. The normalized spacial score (nSPS) is 16.4. The number of rotatable bonds is 4. The van der Waals surface area contributed by atoms with Crippen LogP contribution in [0.2, 0.25) is 0 Å². The van der Waals surface area contributed by atoms with Gasteiger partial charge in [-0.2, -0.15) is 8.78 Å². The molecule has 0 saturated heterocycles. The molecule has 2 nitrogen and oxygen atoms in total. The van der Waals surface area contributed by atoms with Gasteiger partial charge in [-0.25, -0.2) is 8.42 Å². The quantitative estimate of drug-likeness (QED) is 0.716. The van der Waals surface area contributed by atoms with Crippen LogP contribution in [0.5, 0.6) is 0 Å². The maximum atomic E-state index is 11.7. The minimum atomic E-state index is -3.12. The predicted octanol–water partition coefficient (Wildman–Crippen LogP) is 2.23. The van der Waals surface area contributed by atoms with Crippen molar-refractivity contribution in [1.29, 1.82) is 0 Å². The van der Waals surface area contributed by atoms with E-state index >= 15 is 0 Å². The van der Waals surface area contributed by atoms with Crippen LogP contribution in [-0.4, -0.2) is 19.9 Å². The van der Waals surface area contributed by atoms with Crippen molar-refractivity contribution in [2.45, 2.75) is 25.5 Å². The van der Waals surface area contributed by atoms with Gasteiger partial charge in [-0.15, -0.1) is 0 Å². The molecule has 78 valence electrons. The average Bonchev–Trinajstić information content (AvgIpc) is 1.96. The molecule has 0 aliphatic rings. The summed E-state index contributed by atoms with van der Waals surface area (Å²) in [6.07, 6.45) is 0.208. The summed E-state index contributed by atoms with van der Waals surface area (Å²) >= 11 is 0. The van der Waals surface area contributed by atoms with E-state index in [1.165, 1.54) is 6.92 Å². The fraction of sp³-hybridized carbons (Fsp3) is 0.750. The summed E-state index contributed by atoms with van der Waals surface area (Å²) in [5.74, 6) is -0.281. The predicted molar refractivity (Wildman–Crippen MR) is 48.4 cm³/mol. The molecule has 0 aliphatic heterocycles. The highest BCUT2D eigenvalue weighted by Crippen LogP contribution is 2.16. The van der Waals surface area contributed by atoms with E-state index in [2.05, 4.69) is 0 Å². The Balaban J connectivity index is 4.29. The Labute approximate surface area is 77.6 Å². The van der Waals surface area contributed by atoms with Crippen molar-refractivity contribution in [1.82, 2.24) is 0 Å². The molecular formula is C8H14F2O2S. The molecule has 2 atom stereocenters. The van der Waals surface area contributed by atoms with Crippen LogP contribution < -0.4 is 0 Å². The maximum Gasteiger partial charge on any atom is 0.266 e. The van der Waals surface area contributed by atoms with Gasteiger partial charge in [0, 0.05) is 6.26 Å².